The van der Waals surface area contributed by atoms with Crippen LogP contribution in [0.15, 0.2) is 47.4 Å². The van der Waals surface area contributed by atoms with Crippen LogP contribution in [0.25, 0.3) is 0 Å². The van der Waals surface area contributed by atoms with E-state index in [2.05, 4.69) is 5.32 Å². The quantitative estimate of drug-likeness (QED) is 0.865. The highest BCUT2D eigenvalue weighted by Crippen LogP contribution is 2.15. The van der Waals surface area contributed by atoms with Gasteiger partial charge in [-0.1, -0.05) is 29.8 Å². The van der Waals surface area contributed by atoms with Crippen molar-refractivity contribution in [3.8, 4) is 0 Å². The fraction of sp³-hybridized carbons (Fsp3) is 0.188. The Balaban J connectivity index is 2.02. The van der Waals surface area contributed by atoms with Crippen molar-refractivity contribution < 1.29 is 13.2 Å². The first-order valence-electron chi connectivity index (χ1n) is 6.93. The summed E-state index contributed by atoms with van der Waals surface area (Å²) in [6.45, 7) is 2.06. The monoisotopic (exact) mass is 352 g/mol. The molecule has 1 amide bonds. The van der Waals surface area contributed by atoms with E-state index in [1.54, 1.807) is 31.2 Å². The van der Waals surface area contributed by atoms with Crippen molar-refractivity contribution in [2.75, 3.05) is 6.54 Å². The Kier molecular flexibility index (Phi) is 5.41. The molecule has 0 radical (unpaired) electrons. The topological polar surface area (TPSA) is 89.3 Å². The molecule has 3 N–H and O–H groups in total. The Morgan fingerprint density at radius 1 is 1.17 bits per heavy atom. The normalized spacial score (nSPS) is 11.3. The van der Waals surface area contributed by atoms with Crippen LogP contribution in [0.4, 0.5) is 0 Å². The minimum atomic E-state index is -3.85. The maximum absolute atomic E-state index is 12.1. The molecule has 0 heterocycles. The van der Waals surface area contributed by atoms with Gasteiger partial charge in [0.15, 0.2) is 0 Å². The van der Waals surface area contributed by atoms with Crippen LogP contribution in [-0.4, -0.2) is 20.9 Å². The van der Waals surface area contributed by atoms with Gasteiger partial charge in [0.25, 0.3) is 5.91 Å². The van der Waals surface area contributed by atoms with Crippen LogP contribution in [0, 0.1) is 6.92 Å². The average Bonchev–Trinajstić information content (AvgIpc) is 2.48. The van der Waals surface area contributed by atoms with Crippen LogP contribution in [0.3, 0.4) is 0 Å². The minimum absolute atomic E-state index is 0.0390. The van der Waals surface area contributed by atoms with Crippen LogP contribution in [0.1, 0.15) is 21.5 Å². The standard InChI is InChI=1S/C16H17ClN2O3S/c1-11-2-5-13(10-15(11)23(18,21)22)16(20)19-9-8-12-3-6-14(17)7-4-12/h2-7,10H,8-9H2,1H3,(H,19,20)(H2,18,21,22). The van der Waals surface area contributed by atoms with Gasteiger partial charge >= 0.3 is 0 Å². The zero-order valence-electron chi connectivity index (χ0n) is 12.5. The zero-order chi connectivity index (χ0) is 17.0. The molecule has 2 aromatic rings. The first-order valence-corrected chi connectivity index (χ1v) is 8.86. The van der Waals surface area contributed by atoms with Crippen molar-refractivity contribution in [2.24, 2.45) is 5.14 Å². The fourth-order valence-corrected chi connectivity index (χ4v) is 3.06. The molecular formula is C16H17ClN2O3S. The first-order chi connectivity index (χ1) is 10.8. The van der Waals surface area contributed by atoms with Crippen LogP contribution >= 0.6 is 11.6 Å². The SMILES string of the molecule is Cc1ccc(C(=O)NCCc2ccc(Cl)cc2)cc1S(N)(=O)=O. The summed E-state index contributed by atoms with van der Waals surface area (Å²) in [7, 11) is -3.85. The number of primary sulfonamides is 1. The lowest BCUT2D eigenvalue weighted by atomic mass is 10.1. The second kappa shape index (κ2) is 7.12. The number of nitrogens with two attached hydrogens (primary N) is 1. The summed E-state index contributed by atoms with van der Waals surface area (Å²) in [5, 5.41) is 8.56. The molecular weight excluding hydrogens is 336 g/mol. The maximum Gasteiger partial charge on any atom is 0.251 e. The second-order valence-corrected chi connectivity index (χ2v) is 7.12. The Morgan fingerprint density at radius 2 is 1.83 bits per heavy atom. The molecule has 0 aliphatic carbocycles. The molecule has 2 aromatic carbocycles. The smallest absolute Gasteiger partial charge is 0.251 e. The van der Waals surface area contributed by atoms with Gasteiger partial charge in [-0.05, 0) is 48.7 Å². The number of amides is 1. The summed E-state index contributed by atoms with van der Waals surface area (Å²) < 4.78 is 23.0. The molecule has 5 nitrogen and oxygen atoms in total. The van der Waals surface area contributed by atoms with E-state index in [4.69, 9.17) is 16.7 Å². The van der Waals surface area contributed by atoms with Gasteiger partial charge in [-0.15, -0.1) is 0 Å². The predicted octanol–water partition coefficient (Wildman–Crippen LogP) is 2.27. The van der Waals surface area contributed by atoms with E-state index < -0.39 is 10.0 Å². The van der Waals surface area contributed by atoms with Gasteiger partial charge in [-0.3, -0.25) is 4.79 Å². The number of rotatable bonds is 5. The number of carbonyl (C=O) groups excluding carboxylic acids is 1. The van der Waals surface area contributed by atoms with E-state index in [0.717, 1.165) is 5.56 Å². The number of hydrogen-bond acceptors (Lipinski definition) is 3. The third kappa shape index (κ3) is 4.79. The molecule has 2 rings (SSSR count). The third-order valence-electron chi connectivity index (χ3n) is 3.37. The van der Waals surface area contributed by atoms with Gasteiger partial charge < -0.3 is 5.32 Å². The Labute approximate surface area is 140 Å². The lowest BCUT2D eigenvalue weighted by Gasteiger charge is -2.08. The second-order valence-electron chi connectivity index (χ2n) is 5.16. The molecule has 0 bridgehead atoms. The molecule has 122 valence electrons. The van der Waals surface area contributed by atoms with Gasteiger partial charge in [0.05, 0.1) is 4.90 Å². The summed E-state index contributed by atoms with van der Waals surface area (Å²) in [5.41, 5.74) is 1.81. The highest BCUT2D eigenvalue weighted by Gasteiger charge is 2.15. The molecule has 0 spiro atoms. The average molecular weight is 353 g/mol. The largest absolute Gasteiger partial charge is 0.352 e. The molecule has 23 heavy (non-hydrogen) atoms. The highest BCUT2D eigenvalue weighted by atomic mass is 35.5. The van der Waals surface area contributed by atoms with Crippen LogP contribution in [-0.2, 0) is 16.4 Å². The molecule has 0 saturated carbocycles. The molecule has 0 aromatic heterocycles. The summed E-state index contributed by atoms with van der Waals surface area (Å²) in [6.07, 6.45) is 0.650. The Hall–Kier alpha value is -1.89. The third-order valence-corrected chi connectivity index (χ3v) is 4.67. The molecule has 0 saturated heterocycles. The van der Waals surface area contributed by atoms with Crippen molar-refractivity contribution in [3.63, 3.8) is 0 Å². The molecule has 0 fully saturated rings. The van der Waals surface area contributed by atoms with Crippen molar-refractivity contribution in [1.29, 1.82) is 0 Å². The molecule has 0 aliphatic rings. The van der Waals surface area contributed by atoms with Gasteiger partial charge in [0, 0.05) is 17.1 Å². The minimum Gasteiger partial charge on any atom is -0.352 e. The number of carbonyl (C=O) groups is 1. The number of benzene rings is 2. The molecule has 7 heteroatoms. The summed E-state index contributed by atoms with van der Waals surface area (Å²) in [4.78, 5) is 12.1. The van der Waals surface area contributed by atoms with Gasteiger partial charge in [0.2, 0.25) is 10.0 Å². The van der Waals surface area contributed by atoms with Crippen molar-refractivity contribution in [1.82, 2.24) is 5.32 Å². The molecule has 0 atom stereocenters. The number of hydrogen-bond donors (Lipinski definition) is 2. The Bertz CT molecular complexity index is 818. The van der Waals surface area contributed by atoms with Crippen LogP contribution < -0.4 is 10.5 Å². The van der Waals surface area contributed by atoms with E-state index in [1.165, 1.54) is 6.07 Å². The molecule has 0 unspecified atom stereocenters. The number of nitrogens with one attached hydrogen (secondary N) is 1. The maximum atomic E-state index is 12.1. The fourth-order valence-electron chi connectivity index (χ4n) is 2.12. The number of halogens is 1. The van der Waals surface area contributed by atoms with E-state index in [-0.39, 0.29) is 16.4 Å². The highest BCUT2D eigenvalue weighted by molar-refractivity contribution is 7.89. The first kappa shape index (κ1) is 17.5. The van der Waals surface area contributed by atoms with E-state index in [1.807, 2.05) is 12.1 Å². The lowest BCUT2D eigenvalue weighted by Crippen LogP contribution is -2.26. The van der Waals surface area contributed by atoms with Crippen LogP contribution in [0.2, 0.25) is 5.02 Å². The van der Waals surface area contributed by atoms with Gasteiger partial charge in [-0.25, -0.2) is 13.6 Å². The van der Waals surface area contributed by atoms with Crippen molar-refractivity contribution >= 4 is 27.5 Å². The predicted molar refractivity (Wildman–Crippen MR) is 90.0 cm³/mol. The van der Waals surface area contributed by atoms with Gasteiger partial charge in [0.1, 0.15) is 0 Å². The van der Waals surface area contributed by atoms with E-state index in [9.17, 15) is 13.2 Å². The van der Waals surface area contributed by atoms with Gasteiger partial charge in [-0.2, -0.15) is 0 Å². The van der Waals surface area contributed by atoms with Crippen LogP contribution in [0.5, 0.6) is 0 Å². The summed E-state index contributed by atoms with van der Waals surface area (Å²) >= 11 is 5.81. The summed E-state index contributed by atoms with van der Waals surface area (Å²) in [5.74, 6) is -0.344. The van der Waals surface area contributed by atoms with E-state index >= 15 is 0 Å². The number of sulfonamides is 1. The summed E-state index contributed by atoms with van der Waals surface area (Å²) in [6, 6.07) is 11.8. The van der Waals surface area contributed by atoms with E-state index in [0.29, 0.717) is 23.6 Å². The van der Waals surface area contributed by atoms with Crippen molar-refractivity contribution in [3.05, 3.63) is 64.2 Å². The Morgan fingerprint density at radius 3 is 2.43 bits per heavy atom. The molecule has 0 aliphatic heterocycles. The number of aryl methyl sites for hydroxylation is 1. The zero-order valence-corrected chi connectivity index (χ0v) is 14.1. The lowest BCUT2D eigenvalue weighted by molar-refractivity contribution is 0.0954. The van der Waals surface area contributed by atoms with Crippen molar-refractivity contribution in [2.45, 2.75) is 18.2 Å².